The van der Waals surface area contributed by atoms with Crippen LogP contribution in [0.25, 0.3) is 21.9 Å². The molecule has 1 amide bonds. The van der Waals surface area contributed by atoms with Gasteiger partial charge in [-0.3, -0.25) is 4.79 Å². The Morgan fingerprint density at radius 1 is 0.857 bits per heavy atom. The van der Waals surface area contributed by atoms with E-state index in [9.17, 15) is 4.79 Å². The fourth-order valence-corrected chi connectivity index (χ4v) is 4.27. The Hall–Kier alpha value is -2.81. The van der Waals surface area contributed by atoms with Crippen molar-refractivity contribution in [2.75, 3.05) is 5.32 Å². The molecule has 3 rings (SSSR count). The highest BCUT2D eigenvalue weighted by atomic mass is 16.1. The Balaban J connectivity index is 2.23. The Morgan fingerprint density at radius 2 is 1.50 bits per heavy atom. The minimum Gasteiger partial charge on any atom is -0.379 e. The number of primary amides is 1. The van der Waals surface area contributed by atoms with Gasteiger partial charge in [-0.2, -0.15) is 0 Å². The number of nitrogens with one attached hydrogen (secondary N) is 1. The first kappa shape index (κ1) is 19.9. The quantitative estimate of drug-likeness (QED) is 0.556. The van der Waals surface area contributed by atoms with E-state index in [-0.39, 0.29) is 11.0 Å². The third-order valence-electron chi connectivity index (χ3n) is 4.85. The van der Waals surface area contributed by atoms with Gasteiger partial charge in [0, 0.05) is 22.1 Å². The first-order valence-corrected chi connectivity index (χ1v) is 9.77. The van der Waals surface area contributed by atoms with Crippen LogP contribution in [0.4, 0.5) is 5.69 Å². The number of hydrogen-bond acceptors (Lipinski definition) is 2. The monoisotopic (exact) mass is 374 g/mol. The number of amides is 1. The average molecular weight is 375 g/mol. The molecule has 0 saturated heterocycles. The van der Waals surface area contributed by atoms with Gasteiger partial charge in [-0.25, -0.2) is 0 Å². The molecule has 0 spiro atoms. The van der Waals surface area contributed by atoms with Crippen LogP contribution in [0.1, 0.15) is 51.4 Å². The minimum atomic E-state index is -0.413. The molecule has 0 radical (unpaired) electrons. The average Bonchev–Trinajstić information content (AvgIpc) is 2.59. The Morgan fingerprint density at radius 3 is 2.18 bits per heavy atom. The Bertz CT molecular complexity index is 1010. The van der Waals surface area contributed by atoms with Crippen LogP contribution >= 0.6 is 0 Å². The van der Waals surface area contributed by atoms with Gasteiger partial charge < -0.3 is 11.1 Å². The predicted octanol–water partition coefficient (Wildman–Crippen LogP) is 6.23. The predicted molar refractivity (Wildman–Crippen MR) is 120 cm³/mol. The molecule has 3 aromatic rings. The van der Waals surface area contributed by atoms with Gasteiger partial charge in [-0.05, 0) is 42.7 Å². The maximum absolute atomic E-state index is 12.0. The maximum atomic E-state index is 12.0. The number of fused-ring (bicyclic) bond motifs is 1. The molecule has 146 valence electrons. The van der Waals surface area contributed by atoms with Crippen LogP contribution in [0.15, 0.2) is 60.7 Å². The van der Waals surface area contributed by atoms with E-state index in [2.05, 4.69) is 64.2 Å². The Kier molecular flexibility index (Phi) is 5.20. The molecule has 3 nitrogen and oxygen atoms in total. The van der Waals surface area contributed by atoms with Crippen molar-refractivity contribution in [3.63, 3.8) is 0 Å². The van der Waals surface area contributed by atoms with Crippen LogP contribution in [-0.2, 0) is 0 Å². The van der Waals surface area contributed by atoms with Crippen molar-refractivity contribution in [2.24, 2.45) is 11.1 Å². The minimum absolute atomic E-state index is 0.126. The summed E-state index contributed by atoms with van der Waals surface area (Å²) < 4.78 is 0. The van der Waals surface area contributed by atoms with E-state index >= 15 is 0 Å². The zero-order valence-electron chi connectivity index (χ0n) is 17.5. The largest absolute Gasteiger partial charge is 0.379 e. The summed E-state index contributed by atoms with van der Waals surface area (Å²) in [6.07, 6.45) is 1.00. The lowest BCUT2D eigenvalue weighted by atomic mass is 9.81. The van der Waals surface area contributed by atoms with Crippen molar-refractivity contribution in [2.45, 2.75) is 46.6 Å². The summed E-state index contributed by atoms with van der Waals surface area (Å²) in [6, 6.07) is 20.1. The molecule has 0 aliphatic heterocycles. The lowest BCUT2D eigenvalue weighted by molar-refractivity contribution is 0.100. The van der Waals surface area contributed by atoms with Crippen molar-refractivity contribution < 1.29 is 4.79 Å². The molecule has 0 saturated carbocycles. The van der Waals surface area contributed by atoms with Gasteiger partial charge in [0.25, 0.3) is 0 Å². The van der Waals surface area contributed by atoms with Crippen LogP contribution in [-0.4, -0.2) is 11.4 Å². The van der Waals surface area contributed by atoms with Crippen LogP contribution in [0.5, 0.6) is 0 Å². The normalized spacial score (nSPS) is 12.2. The van der Waals surface area contributed by atoms with E-state index in [0.29, 0.717) is 5.56 Å². The number of carbonyl (C=O) groups excluding carboxylic acids is 1. The molecule has 0 fully saturated rings. The van der Waals surface area contributed by atoms with Gasteiger partial charge in [0.05, 0.1) is 5.69 Å². The summed E-state index contributed by atoms with van der Waals surface area (Å²) in [7, 11) is 0. The highest BCUT2D eigenvalue weighted by Gasteiger charge is 2.27. The molecule has 0 aliphatic carbocycles. The molecular formula is C25H30N2O. The summed E-state index contributed by atoms with van der Waals surface area (Å²) in [5, 5.41) is 6.10. The van der Waals surface area contributed by atoms with Crippen molar-refractivity contribution >= 4 is 22.4 Å². The second-order valence-electron chi connectivity index (χ2n) is 9.37. The van der Waals surface area contributed by atoms with Crippen molar-refractivity contribution in [1.29, 1.82) is 0 Å². The van der Waals surface area contributed by atoms with Crippen LogP contribution < -0.4 is 11.1 Å². The van der Waals surface area contributed by atoms with Crippen LogP contribution in [0.2, 0.25) is 0 Å². The van der Waals surface area contributed by atoms with E-state index in [1.807, 2.05) is 30.3 Å². The molecule has 0 heterocycles. The van der Waals surface area contributed by atoms with E-state index in [0.717, 1.165) is 34.0 Å². The van der Waals surface area contributed by atoms with E-state index in [4.69, 9.17) is 5.73 Å². The zero-order valence-corrected chi connectivity index (χ0v) is 17.5. The smallest absolute Gasteiger partial charge is 0.249 e. The lowest BCUT2D eigenvalue weighted by Crippen LogP contribution is -2.35. The second kappa shape index (κ2) is 7.31. The standard InChI is InChI=1S/C25H30N2O/c1-24(2,3)16-25(4,5)27-22-18-11-7-6-10-17(18)14-15-20(22)19-12-8-9-13-21(19)23(26)28/h6-15,27H,16H2,1-5H3,(H2,26,28). The topological polar surface area (TPSA) is 55.1 Å². The highest BCUT2D eigenvalue weighted by Crippen LogP contribution is 2.39. The van der Waals surface area contributed by atoms with Crippen molar-refractivity contribution in [3.05, 3.63) is 66.2 Å². The van der Waals surface area contributed by atoms with E-state index in [1.165, 1.54) is 0 Å². The second-order valence-corrected chi connectivity index (χ2v) is 9.37. The molecule has 0 atom stereocenters. The summed E-state index contributed by atoms with van der Waals surface area (Å²) in [5.74, 6) is -0.413. The fourth-order valence-electron chi connectivity index (χ4n) is 4.27. The number of rotatable bonds is 5. The first-order chi connectivity index (χ1) is 13.1. The highest BCUT2D eigenvalue weighted by molar-refractivity contribution is 6.07. The van der Waals surface area contributed by atoms with E-state index < -0.39 is 5.91 Å². The lowest BCUT2D eigenvalue weighted by Gasteiger charge is -2.35. The van der Waals surface area contributed by atoms with Gasteiger partial charge in [-0.15, -0.1) is 0 Å². The third kappa shape index (κ3) is 4.36. The molecule has 0 unspecified atom stereocenters. The third-order valence-corrected chi connectivity index (χ3v) is 4.85. The van der Waals surface area contributed by atoms with Gasteiger partial charge >= 0.3 is 0 Å². The summed E-state index contributed by atoms with van der Waals surface area (Å²) in [4.78, 5) is 12.0. The molecular weight excluding hydrogens is 344 g/mol. The Labute approximate surface area is 168 Å². The fraction of sp³-hybridized carbons (Fsp3) is 0.320. The molecule has 3 N–H and O–H groups in total. The SMILES string of the molecule is CC(C)(C)CC(C)(C)Nc1c(-c2ccccc2C(N)=O)ccc2ccccc12. The summed E-state index contributed by atoms with van der Waals surface area (Å²) in [5.41, 5.74) is 9.16. The van der Waals surface area contributed by atoms with Gasteiger partial charge in [-0.1, -0.05) is 75.4 Å². The number of nitrogens with two attached hydrogens (primary N) is 1. The van der Waals surface area contributed by atoms with Crippen molar-refractivity contribution in [3.8, 4) is 11.1 Å². The zero-order chi connectivity index (χ0) is 20.5. The summed E-state index contributed by atoms with van der Waals surface area (Å²) in [6.45, 7) is 11.2. The molecule has 0 aliphatic rings. The molecule has 0 aromatic heterocycles. The van der Waals surface area contributed by atoms with Gasteiger partial charge in [0.15, 0.2) is 0 Å². The first-order valence-electron chi connectivity index (χ1n) is 9.77. The number of hydrogen-bond donors (Lipinski definition) is 2. The molecule has 3 heteroatoms. The van der Waals surface area contributed by atoms with Crippen LogP contribution in [0, 0.1) is 5.41 Å². The maximum Gasteiger partial charge on any atom is 0.249 e. The van der Waals surface area contributed by atoms with Gasteiger partial charge in [0.2, 0.25) is 5.91 Å². The van der Waals surface area contributed by atoms with E-state index in [1.54, 1.807) is 6.07 Å². The number of benzene rings is 3. The molecule has 0 bridgehead atoms. The number of carbonyl (C=O) groups is 1. The summed E-state index contributed by atoms with van der Waals surface area (Å²) >= 11 is 0. The molecule has 3 aromatic carbocycles. The van der Waals surface area contributed by atoms with Gasteiger partial charge in [0.1, 0.15) is 0 Å². The van der Waals surface area contributed by atoms with Crippen LogP contribution in [0.3, 0.4) is 0 Å². The van der Waals surface area contributed by atoms with Crippen molar-refractivity contribution in [1.82, 2.24) is 0 Å². The molecule has 28 heavy (non-hydrogen) atoms. The number of anilines is 1.